The minimum absolute atomic E-state index is 0.00653. The summed E-state index contributed by atoms with van der Waals surface area (Å²) in [5.41, 5.74) is 0.721. The topological polar surface area (TPSA) is 58.6 Å². The van der Waals surface area contributed by atoms with Crippen molar-refractivity contribution in [2.45, 2.75) is 19.8 Å². The van der Waals surface area contributed by atoms with Gasteiger partial charge in [0.05, 0.1) is 7.11 Å². The second-order valence-corrected chi connectivity index (χ2v) is 6.15. The number of carbonyl (C=O) groups is 2. The van der Waals surface area contributed by atoms with Crippen molar-refractivity contribution in [2.75, 3.05) is 33.8 Å². The Labute approximate surface area is 138 Å². The molecule has 126 valence electrons. The zero-order valence-electron chi connectivity index (χ0n) is 14.2. The smallest absolute Gasteiger partial charge is 0.226 e. The van der Waals surface area contributed by atoms with E-state index in [0.717, 1.165) is 24.2 Å². The first kappa shape index (κ1) is 17.5. The van der Waals surface area contributed by atoms with E-state index in [2.05, 4.69) is 5.32 Å². The van der Waals surface area contributed by atoms with Crippen LogP contribution in [0.4, 0.5) is 0 Å². The molecule has 1 aromatic carbocycles. The summed E-state index contributed by atoms with van der Waals surface area (Å²) in [6, 6.07) is 7.25. The summed E-state index contributed by atoms with van der Waals surface area (Å²) >= 11 is 0. The number of methoxy groups -OCH3 is 1. The number of amides is 1. The van der Waals surface area contributed by atoms with Crippen LogP contribution in [0.1, 0.15) is 30.1 Å². The van der Waals surface area contributed by atoms with E-state index in [0.29, 0.717) is 19.6 Å². The lowest BCUT2D eigenvalue weighted by Crippen LogP contribution is -2.44. The Morgan fingerprint density at radius 2 is 1.87 bits per heavy atom. The van der Waals surface area contributed by atoms with Gasteiger partial charge in [-0.15, -0.1) is 0 Å². The molecule has 1 saturated heterocycles. The average molecular weight is 318 g/mol. The summed E-state index contributed by atoms with van der Waals surface area (Å²) in [5.74, 6) is 1.08. The lowest BCUT2D eigenvalue weighted by molar-refractivity contribution is -0.136. The molecular weight excluding hydrogens is 292 g/mol. The number of rotatable bonds is 6. The molecule has 0 bridgehead atoms. The predicted molar refractivity (Wildman–Crippen MR) is 89.7 cm³/mol. The third kappa shape index (κ3) is 4.32. The van der Waals surface area contributed by atoms with Crippen molar-refractivity contribution in [3.63, 3.8) is 0 Å². The first-order chi connectivity index (χ1) is 11.1. The van der Waals surface area contributed by atoms with Crippen LogP contribution in [0.3, 0.4) is 0 Å². The summed E-state index contributed by atoms with van der Waals surface area (Å²) in [6.45, 7) is 3.95. The van der Waals surface area contributed by atoms with Gasteiger partial charge in [0.15, 0.2) is 5.78 Å². The lowest BCUT2D eigenvalue weighted by Gasteiger charge is -2.33. The summed E-state index contributed by atoms with van der Waals surface area (Å²) in [5, 5.41) is 3.03. The Morgan fingerprint density at radius 3 is 2.39 bits per heavy atom. The number of benzene rings is 1. The van der Waals surface area contributed by atoms with E-state index >= 15 is 0 Å². The molecule has 23 heavy (non-hydrogen) atoms. The number of hydrogen-bond donors (Lipinski definition) is 1. The SMILES string of the molecule is CNCC(C)C(=O)N1CCC(C(=O)c2ccc(OC)cc2)CC1. The van der Waals surface area contributed by atoms with Gasteiger partial charge < -0.3 is 15.0 Å². The van der Waals surface area contributed by atoms with Crippen LogP contribution in [-0.2, 0) is 4.79 Å². The number of nitrogens with one attached hydrogen (secondary N) is 1. The molecule has 1 amide bonds. The first-order valence-electron chi connectivity index (χ1n) is 8.18. The molecule has 1 fully saturated rings. The van der Waals surface area contributed by atoms with Gasteiger partial charge in [-0.1, -0.05) is 6.92 Å². The highest BCUT2D eigenvalue weighted by atomic mass is 16.5. The molecule has 0 saturated carbocycles. The van der Waals surface area contributed by atoms with Crippen LogP contribution in [0.15, 0.2) is 24.3 Å². The number of ketones is 1. The van der Waals surface area contributed by atoms with Crippen LogP contribution in [0.25, 0.3) is 0 Å². The standard InChI is InChI=1S/C18H26N2O3/c1-13(12-19-2)18(22)20-10-8-15(9-11-20)17(21)14-4-6-16(23-3)7-5-14/h4-7,13,15,19H,8-12H2,1-3H3. The summed E-state index contributed by atoms with van der Waals surface area (Å²) < 4.78 is 5.12. The second kappa shape index (κ2) is 8.11. The Morgan fingerprint density at radius 1 is 1.26 bits per heavy atom. The molecule has 1 unspecified atom stereocenters. The normalized spacial score (nSPS) is 16.9. The minimum Gasteiger partial charge on any atom is -0.497 e. The number of Topliss-reactive ketones (excluding diaryl/α,β-unsaturated/α-hetero) is 1. The Hall–Kier alpha value is -1.88. The van der Waals surface area contributed by atoms with Crippen LogP contribution < -0.4 is 10.1 Å². The van der Waals surface area contributed by atoms with E-state index in [1.807, 2.05) is 43.1 Å². The van der Waals surface area contributed by atoms with Crippen molar-refractivity contribution < 1.29 is 14.3 Å². The van der Waals surface area contributed by atoms with Gasteiger partial charge in [0.25, 0.3) is 0 Å². The molecule has 0 spiro atoms. The maximum absolute atomic E-state index is 12.6. The molecule has 0 radical (unpaired) electrons. The molecule has 0 aliphatic carbocycles. The molecule has 5 nitrogen and oxygen atoms in total. The lowest BCUT2D eigenvalue weighted by atomic mass is 9.88. The van der Waals surface area contributed by atoms with Gasteiger partial charge in [-0.05, 0) is 44.2 Å². The van der Waals surface area contributed by atoms with Gasteiger partial charge in [0.1, 0.15) is 5.75 Å². The fourth-order valence-electron chi connectivity index (χ4n) is 3.06. The Kier molecular flexibility index (Phi) is 6.16. The van der Waals surface area contributed by atoms with Gasteiger partial charge in [-0.25, -0.2) is 0 Å². The third-order valence-corrected chi connectivity index (χ3v) is 4.48. The van der Waals surface area contributed by atoms with Gasteiger partial charge in [-0.3, -0.25) is 9.59 Å². The fourth-order valence-corrected chi connectivity index (χ4v) is 3.06. The van der Waals surface area contributed by atoms with Gasteiger partial charge in [0.2, 0.25) is 5.91 Å². The van der Waals surface area contributed by atoms with Crippen molar-refractivity contribution in [3.8, 4) is 5.75 Å². The Bertz CT molecular complexity index is 534. The maximum Gasteiger partial charge on any atom is 0.226 e. The van der Waals surface area contributed by atoms with E-state index < -0.39 is 0 Å². The molecule has 1 aliphatic heterocycles. The molecular formula is C18H26N2O3. The number of carbonyl (C=O) groups excluding carboxylic acids is 2. The molecule has 0 aromatic heterocycles. The molecule has 2 rings (SSSR count). The Balaban J connectivity index is 1.90. The molecule has 1 N–H and O–H groups in total. The average Bonchev–Trinajstić information content (AvgIpc) is 2.61. The van der Waals surface area contributed by atoms with Crippen molar-refractivity contribution >= 4 is 11.7 Å². The highest BCUT2D eigenvalue weighted by Crippen LogP contribution is 2.24. The fraction of sp³-hybridized carbons (Fsp3) is 0.556. The number of nitrogens with zero attached hydrogens (tertiary/aromatic N) is 1. The van der Waals surface area contributed by atoms with E-state index in [1.165, 1.54) is 0 Å². The van der Waals surface area contributed by atoms with Gasteiger partial charge >= 0.3 is 0 Å². The van der Waals surface area contributed by atoms with Crippen LogP contribution in [0.5, 0.6) is 5.75 Å². The van der Waals surface area contributed by atoms with E-state index in [9.17, 15) is 9.59 Å². The monoisotopic (exact) mass is 318 g/mol. The predicted octanol–water partition coefficient (Wildman–Crippen LogP) is 1.97. The highest BCUT2D eigenvalue weighted by Gasteiger charge is 2.29. The van der Waals surface area contributed by atoms with E-state index in [4.69, 9.17) is 4.74 Å². The van der Waals surface area contributed by atoms with Gasteiger partial charge in [0, 0.05) is 37.0 Å². The number of hydrogen-bond acceptors (Lipinski definition) is 4. The molecule has 1 atom stereocenters. The van der Waals surface area contributed by atoms with Crippen LogP contribution in [0.2, 0.25) is 0 Å². The summed E-state index contributed by atoms with van der Waals surface area (Å²) in [4.78, 5) is 26.7. The second-order valence-electron chi connectivity index (χ2n) is 6.15. The summed E-state index contributed by atoms with van der Waals surface area (Å²) in [7, 11) is 3.46. The van der Waals surface area contributed by atoms with Crippen molar-refractivity contribution in [1.82, 2.24) is 10.2 Å². The maximum atomic E-state index is 12.6. The molecule has 5 heteroatoms. The van der Waals surface area contributed by atoms with Crippen LogP contribution in [0, 0.1) is 11.8 Å². The first-order valence-corrected chi connectivity index (χ1v) is 8.18. The van der Waals surface area contributed by atoms with Gasteiger partial charge in [-0.2, -0.15) is 0 Å². The van der Waals surface area contributed by atoms with E-state index in [-0.39, 0.29) is 23.5 Å². The van der Waals surface area contributed by atoms with E-state index in [1.54, 1.807) is 7.11 Å². The third-order valence-electron chi connectivity index (χ3n) is 4.48. The number of piperidine rings is 1. The van der Waals surface area contributed by atoms with Crippen molar-refractivity contribution in [1.29, 1.82) is 0 Å². The molecule has 1 aromatic rings. The number of likely N-dealkylation sites (tertiary alicyclic amines) is 1. The molecule has 1 aliphatic rings. The van der Waals surface area contributed by atoms with Crippen LogP contribution >= 0.6 is 0 Å². The molecule has 1 heterocycles. The highest BCUT2D eigenvalue weighted by molar-refractivity contribution is 5.98. The zero-order valence-corrected chi connectivity index (χ0v) is 14.2. The van der Waals surface area contributed by atoms with Crippen LogP contribution in [-0.4, -0.2) is 50.4 Å². The minimum atomic E-state index is -0.0196. The van der Waals surface area contributed by atoms with Crippen molar-refractivity contribution in [2.24, 2.45) is 11.8 Å². The largest absolute Gasteiger partial charge is 0.497 e. The number of ether oxygens (including phenoxy) is 1. The zero-order chi connectivity index (χ0) is 16.8. The van der Waals surface area contributed by atoms with Crippen molar-refractivity contribution in [3.05, 3.63) is 29.8 Å². The quantitative estimate of drug-likeness (QED) is 0.815. The summed E-state index contributed by atoms with van der Waals surface area (Å²) in [6.07, 6.45) is 1.48.